The zero-order valence-electron chi connectivity index (χ0n) is 11.0. The van der Waals surface area contributed by atoms with Gasteiger partial charge in [0, 0.05) is 18.6 Å². The van der Waals surface area contributed by atoms with Gasteiger partial charge in [0.05, 0.1) is 0 Å². The Labute approximate surface area is 90.9 Å². The van der Waals surface area contributed by atoms with Crippen molar-refractivity contribution >= 4 is 0 Å². The molecule has 0 radical (unpaired) electrons. The second-order valence-corrected chi connectivity index (χ2v) is 4.95. The number of hydrogen-bond donors (Lipinski definition) is 0. The molecule has 0 spiro atoms. The second-order valence-electron chi connectivity index (χ2n) is 4.95. The predicted octanol–water partition coefficient (Wildman–Crippen LogP) is 3.93. The van der Waals surface area contributed by atoms with Gasteiger partial charge in [-0.2, -0.15) is 0 Å². The van der Waals surface area contributed by atoms with Crippen molar-refractivity contribution in [2.75, 3.05) is 6.54 Å². The fourth-order valence-corrected chi connectivity index (χ4v) is 2.15. The van der Waals surface area contributed by atoms with Crippen LogP contribution in [0.2, 0.25) is 0 Å². The first kappa shape index (κ1) is 14.0. The Morgan fingerprint density at radius 2 is 1.43 bits per heavy atom. The fraction of sp³-hybridized carbons (Fsp3) is 1.00. The average Bonchev–Trinajstić information content (AvgIpc) is 2.10. The molecular weight excluding hydrogens is 170 g/mol. The van der Waals surface area contributed by atoms with Gasteiger partial charge in [0.25, 0.3) is 0 Å². The quantitative estimate of drug-likeness (QED) is 0.600. The highest BCUT2D eigenvalue weighted by atomic mass is 15.2. The van der Waals surface area contributed by atoms with Crippen molar-refractivity contribution in [2.45, 2.75) is 72.9 Å². The smallest absolute Gasteiger partial charge is 0.00414 e. The van der Waals surface area contributed by atoms with Gasteiger partial charge >= 0.3 is 0 Å². The Morgan fingerprint density at radius 3 is 1.71 bits per heavy atom. The highest BCUT2D eigenvalue weighted by Crippen LogP contribution is 2.16. The molecule has 1 unspecified atom stereocenters. The van der Waals surface area contributed by atoms with E-state index in [2.05, 4.69) is 46.4 Å². The summed E-state index contributed by atoms with van der Waals surface area (Å²) in [6, 6.07) is 1.36. The summed E-state index contributed by atoms with van der Waals surface area (Å²) in [7, 11) is 0. The lowest BCUT2D eigenvalue weighted by Crippen LogP contribution is -2.40. The highest BCUT2D eigenvalue weighted by Gasteiger charge is 2.17. The maximum Gasteiger partial charge on any atom is 0.00414 e. The van der Waals surface area contributed by atoms with Crippen molar-refractivity contribution < 1.29 is 0 Å². The molecule has 0 N–H and O–H groups in total. The number of hydrogen-bond acceptors (Lipinski definition) is 1. The van der Waals surface area contributed by atoms with Crippen LogP contribution < -0.4 is 0 Å². The molecule has 86 valence electrons. The van der Waals surface area contributed by atoms with E-state index in [1.54, 1.807) is 0 Å². The third-order valence-electron chi connectivity index (χ3n) is 3.07. The normalized spacial score (nSPS) is 14.4. The summed E-state index contributed by atoms with van der Waals surface area (Å²) in [6.07, 6.45) is 4.03. The van der Waals surface area contributed by atoms with Crippen molar-refractivity contribution in [3.8, 4) is 0 Å². The van der Waals surface area contributed by atoms with E-state index in [1.807, 2.05) is 0 Å². The maximum atomic E-state index is 2.61. The molecule has 0 amide bonds. The van der Waals surface area contributed by atoms with E-state index >= 15 is 0 Å². The molecule has 14 heavy (non-hydrogen) atoms. The Hall–Kier alpha value is -0.0400. The van der Waals surface area contributed by atoms with Crippen molar-refractivity contribution in [2.24, 2.45) is 5.92 Å². The summed E-state index contributed by atoms with van der Waals surface area (Å²) in [4.78, 5) is 2.61. The average molecular weight is 199 g/mol. The SMILES string of the molecule is CCCC(CC)CN(C(C)C)C(C)C. The first-order chi connectivity index (χ1) is 6.52. The van der Waals surface area contributed by atoms with E-state index in [0.717, 1.165) is 5.92 Å². The summed E-state index contributed by atoms with van der Waals surface area (Å²) in [6.45, 7) is 15.1. The molecule has 0 saturated heterocycles. The monoisotopic (exact) mass is 199 g/mol. The molecule has 0 aliphatic heterocycles. The molecule has 0 fully saturated rings. The van der Waals surface area contributed by atoms with Gasteiger partial charge in [0.1, 0.15) is 0 Å². The third kappa shape index (κ3) is 4.99. The Balaban J connectivity index is 4.11. The van der Waals surface area contributed by atoms with Gasteiger partial charge in [-0.1, -0.05) is 26.7 Å². The lowest BCUT2D eigenvalue weighted by molar-refractivity contribution is 0.141. The molecule has 1 atom stereocenters. The van der Waals surface area contributed by atoms with Gasteiger partial charge in [-0.15, -0.1) is 0 Å². The Bertz CT molecular complexity index is 121. The minimum absolute atomic E-state index is 0.681. The van der Waals surface area contributed by atoms with Crippen molar-refractivity contribution in [3.63, 3.8) is 0 Å². The largest absolute Gasteiger partial charge is 0.298 e. The van der Waals surface area contributed by atoms with E-state index in [9.17, 15) is 0 Å². The van der Waals surface area contributed by atoms with Crippen LogP contribution in [0.5, 0.6) is 0 Å². The fourth-order valence-electron chi connectivity index (χ4n) is 2.15. The summed E-state index contributed by atoms with van der Waals surface area (Å²) in [5, 5.41) is 0. The van der Waals surface area contributed by atoms with Crippen LogP contribution in [-0.2, 0) is 0 Å². The Kier molecular flexibility index (Phi) is 7.26. The summed E-state index contributed by atoms with van der Waals surface area (Å²) in [5.74, 6) is 0.893. The Morgan fingerprint density at radius 1 is 0.929 bits per heavy atom. The minimum atomic E-state index is 0.681. The van der Waals surface area contributed by atoms with Gasteiger partial charge < -0.3 is 0 Å². The van der Waals surface area contributed by atoms with Gasteiger partial charge in [-0.25, -0.2) is 0 Å². The minimum Gasteiger partial charge on any atom is -0.298 e. The summed E-state index contributed by atoms with van der Waals surface area (Å²) >= 11 is 0. The first-order valence-electron chi connectivity index (χ1n) is 6.28. The molecule has 0 rings (SSSR count). The van der Waals surface area contributed by atoms with E-state index in [0.29, 0.717) is 12.1 Å². The van der Waals surface area contributed by atoms with Gasteiger partial charge in [0.2, 0.25) is 0 Å². The van der Waals surface area contributed by atoms with Gasteiger partial charge in [0.15, 0.2) is 0 Å². The lowest BCUT2D eigenvalue weighted by Gasteiger charge is -2.33. The molecular formula is C13H29N. The van der Waals surface area contributed by atoms with Crippen molar-refractivity contribution in [1.29, 1.82) is 0 Å². The van der Waals surface area contributed by atoms with Gasteiger partial charge in [-0.3, -0.25) is 4.90 Å². The molecule has 0 bridgehead atoms. The zero-order chi connectivity index (χ0) is 11.1. The summed E-state index contributed by atoms with van der Waals surface area (Å²) < 4.78 is 0. The molecule has 0 aromatic rings. The molecule has 0 aromatic heterocycles. The predicted molar refractivity (Wildman–Crippen MR) is 65.7 cm³/mol. The molecule has 0 aromatic carbocycles. The van der Waals surface area contributed by atoms with Crippen molar-refractivity contribution in [1.82, 2.24) is 4.90 Å². The van der Waals surface area contributed by atoms with Crippen LogP contribution in [0.25, 0.3) is 0 Å². The van der Waals surface area contributed by atoms with E-state index < -0.39 is 0 Å². The van der Waals surface area contributed by atoms with Gasteiger partial charge in [-0.05, 0) is 40.0 Å². The molecule has 0 saturated carbocycles. The van der Waals surface area contributed by atoms with Crippen LogP contribution in [0.3, 0.4) is 0 Å². The molecule has 1 heteroatoms. The van der Waals surface area contributed by atoms with E-state index in [1.165, 1.54) is 25.8 Å². The molecule has 1 nitrogen and oxygen atoms in total. The van der Waals surface area contributed by atoms with Crippen LogP contribution in [0, 0.1) is 5.92 Å². The van der Waals surface area contributed by atoms with Crippen LogP contribution in [-0.4, -0.2) is 23.5 Å². The third-order valence-corrected chi connectivity index (χ3v) is 3.07. The second kappa shape index (κ2) is 7.28. The first-order valence-corrected chi connectivity index (χ1v) is 6.28. The van der Waals surface area contributed by atoms with E-state index in [4.69, 9.17) is 0 Å². The van der Waals surface area contributed by atoms with Crippen LogP contribution in [0.1, 0.15) is 60.8 Å². The maximum absolute atomic E-state index is 2.61. The lowest BCUT2D eigenvalue weighted by atomic mass is 9.99. The highest BCUT2D eigenvalue weighted by molar-refractivity contribution is 4.71. The molecule has 0 aliphatic carbocycles. The zero-order valence-corrected chi connectivity index (χ0v) is 11.0. The number of rotatable bonds is 7. The van der Waals surface area contributed by atoms with Crippen LogP contribution in [0.4, 0.5) is 0 Å². The topological polar surface area (TPSA) is 3.24 Å². The number of nitrogens with zero attached hydrogens (tertiary/aromatic N) is 1. The molecule has 0 aliphatic rings. The summed E-state index contributed by atoms with van der Waals surface area (Å²) in [5.41, 5.74) is 0. The van der Waals surface area contributed by atoms with Crippen LogP contribution in [0.15, 0.2) is 0 Å². The van der Waals surface area contributed by atoms with Crippen molar-refractivity contribution in [3.05, 3.63) is 0 Å². The van der Waals surface area contributed by atoms with E-state index in [-0.39, 0.29) is 0 Å². The molecule has 0 heterocycles. The van der Waals surface area contributed by atoms with Crippen LogP contribution >= 0.6 is 0 Å². The standard InChI is InChI=1S/C13H29N/c1-7-9-13(8-2)10-14(11(3)4)12(5)6/h11-13H,7-10H2,1-6H3.